The van der Waals surface area contributed by atoms with Crippen LogP contribution in [0.5, 0.6) is 0 Å². The van der Waals surface area contributed by atoms with E-state index in [9.17, 15) is 9.59 Å². The molecule has 0 saturated carbocycles. The van der Waals surface area contributed by atoms with Gasteiger partial charge in [0.25, 0.3) is 0 Å². The van der Waals surface area contributed by atoms with E-state index >= 15 is 0 Å². The summed E-state index contributed by atoms with van der Waals surface area (Å²) in [7, 11) is 1.59. The topological polar surface area (TPSA) is 63.4 Å². The molecule has 62 valence electrons. The van der Waals surface area contributed by atoms with Crippen LogP contribution in [0.4, 0.5) is 0 Å². The normalized spacial score (nSPS) is 8.82. The van der Waals surface area contributed by atoms with Crippen LogP contribution in [0.3, 0.4) is 0 Å². The summed E-state index contributed by atoms with van der Waals surface area (Å²) in [6.45, 7) is 3.65. The fourth-order valence-electron chi connectivity index (χ4n) is 0.544. The third kappa shape index (κ3) is 4.13. The summed E-state index contributed by atoms with van der Waals surface area (Å²) in [5.41, 5.74) is 4.88. The highest BCUT2D eigenvalue weighted by molar-refractivity contribution is 5.87. The molecule has 0 heterocycles. The number of nitrogens with two attached hydrogens (primary N) is 1. The van der Waals surface area contributed by atoms with Gasteiger partial charge in [0.05, 0.1) is 0 Å². The molecule has 4 nitrogen and oxygen atoms in total. The molecule has 0 rings (SSSR count). The molecule has 0 saturated heterocycles. The first-order valence-corrected chi connectivity index (χ1v) is 3.23. The zero-order chi connectivity index (χ0) is 8.85. The van der Waals surface area contributed by atoms with Gasteiger partial charge >= 0.3 is 0 Å². The van der Waals surface area contributed by atoms with Crippen LogP contribution in [0, 0.1) is 0 Å². The SMILES string of the molecule is C=CC(=O)N(C)CCC(N)=O. The summed E-state index contributed by atoms with van der Waals surface area (Å²) >= 11 is 0. The lowest BCUT2D eigenvalue weighted by atomic mass is 10.4. The van der Waals surface area contributed by atoms with Gasteiger partial charge in [0, 0.05) is 20.0 Å². The highest BCUT2D eigenvalue weighted by Gasteiger charge is 2.04. The lowest BCUT2D eigenvalue weighted by molar-refractivity contribution is -0.125. The molecule has 0 aromatic rings. The van der Waals surface area contributed by atoms with Crippen LogP contribution in [0.15, 0.2) is 12.7 Å². The van der Waals surface area contributed by atoms with E-state index in [1.54, 1.807) is 7.05 Å². The van der Waals surface area contributed by atoms with E-state index in [0.717, 1.165) is 0 Å². The van der Waals surface area contributed by atoms with Gasteiger partial charge in [0.15, 0.2) is 0 Å². The second-order valence-corrected chi connectivity index (χ2v) is 2.18. The molecule has 0 bridgehead atoms. The number of hydrogen-bond donors (Lipinski definition) is 1. The van der Waals surface area contributed by atoms with Crippen molar-refractivity contribution in [3.8, 4) is 0 Å². The summed E-state index contributed by atoms with van der Waals surface area (Å²) in [5, 5.41) is 0. The molecule has 0 aliphatic heterocycles. The van der Waals surface area contributed by atoms with Crippen molar-refractivity contribution in [1.82, 2.24) is 4.90 Å². The minimum absolute atomic E-state index is 0.191. The van der Waals surface area contributed by atoms with Crippen LogP contribution >= 0.6 is 0 Å². The van der Waals surface area contributed by atoms with Crippen LogP contribution in [0.1, 0.15) is 6.42 Å². The summed E-state index contributed by atoms with van der Waals surface area (Å²) in [6.07, 6.45) is 1.39. The lowest BCUT2D eigenvalue weighted by Gasteiger charge is -2.12. The van der Waals surface area contributed by atoms with E-state index < -0.39 is 5.91 Å². The van der Waals surface area contributed by atoms with Crippen molar-refractivity contribution in [2.75, 3.05) is 13.6 Å². The maximum absolute atomic E-state index is 10.8. The van der Waals surface area contributed by atoms with Crippen LogP contribution < -0.4 is 5.73 Å². The number of amides is 2. The van der Waals surface area contributed by atoms with Gasteiger partial charge in [-0.1, -0.05) is 6.58 Å². The van der Waals surface area contributed by atoms with Gasteiger partial charge in [-0.15, -0.1) is 0 Å². The molecule has 0 aliphatic carbocycles. The Morgan fingerprint density at radius 3 is 2.55 bits per heavy atom. The smallest absolute Gasteiger partial charge is 0.245 e. The molecule has 0 radical (unpaired) electrons. The summed E-state index contributed by atoms with van der Waals surface area (Å²) in [6, 6.07) is 0. The zero-order valence-corrected chi connectivity index (χ0v) is 6.54. The third-order valence-electron chi connectivity index (χ3n) is 1.24. The van der Waals surface area contributed by atoms with Gasteiger partial charge in [0.1, 0.15) is 0 Å². The maximum Gasteiger partial charge on any atom is 0.245 e. The minimum Gasteiger partial charge on any atom is -0.370 e. The van der Waals surface area contributed by atoms with Gasteiger partial charge in [-0.3, -0.25) is 9.59 Å². The van der Waals surface area contributed by atoms with E-state index in [0.29, 0.717) is 6.54 Å². The second kappa shape index (κ2) is 4.49. The highest BCUT2D eigenvalue weighted by atomic mass is 16.2. The average molecular weight is 156 g/mol. The summed E-state index contributed by atoms with van der Waals surface area (Å²) in [5.74, 6) is -0.611. The van der Waals surface area contributed by atoms with Gasteiger partial charge in [0.2, 0.25) is 11.8 Å². The zero-order valence-electron chi connectivity index (χ0n) is 6.54. The first-order chi connectivity index (χ1) is 5.07. The van der Waals surface area contributed by atoms with Gasteiger partial charge in [-0.2, -0.15) is 0 Å². The molecular weight excluding hydrogens is 144 g/mol. The Morgan fingerprint density at radius 1 is 1.64 bits per heavy atom. The minimum atomic E-state index is -0.409. The Bertz CT molecular complexity index is 177. The molecule has 2 N–H and O–H groups in total. The largest absolute Gasteiger partial charge is 0.370 e. The Labute approximate surface area is 65.7 Å². The van der Waals surface area contributed by atoms with Crippen LogP contribution in [-0.2, 0) is 9.59 Å². The van der Waals surface area contributed by atoms with Crippen molar-refractivity contribution < 1.29 is 9.59 Å². The molecule has 0 aliphatic rings. The Balaban J connectivity index is 3.68. The van der Waals surface area contributed by atoms with Crippen molar-refractivity contribution in [2.45, 2.75) is 6.42 Å². The molecule has 0 fully saturated rings. The lowest BCUT2D eigenvalue weighted by Crippen LogP contribution is -2.28. The van der Waals surface area contributed by atoms with Crippen LogP contribution in [0.25, 0.3) is 0 Å². The number of primary amides is 1. The van der Waals surface area contributed by atoms with E-state index in [1.807, 2.05) is 0 Å². The van der Waals surface area contributed by atoms with Gasteiger partial charge in [-0.25, -0.2) is 0 Å². The quantitative estimate of drug-likeness (QED) is 0.558. The van der Waals surface area contributed by atoms with E-state index in [-0.39, 0.29) is 12.3 Å². The maximum atomic E-state index is 10.8. The van der Waals surface area contributed by atoms with Crippen molar-refractivity contribution in [3.05, 3.63) is 12.7 Å². The third-order valence-corrected chi connectivity index (χ3v) is 1.24. The fraction of sp³-hybridized carbons (Fsp3) is 0.429. The monoisotopic (exact) mass is 156 g/mol. The number of likely N-dealkylation sites (N-methyl/N-ethyl adjacent to an activating group) is 1. The van der Waals surface area contributed by atoms with Crippen molar-refractivity contribution >= 4 is 11.8 Å². The number of hydrogen-bond acceptors (Lipinski definition) is 2. The van der Waals surface area contributed by atoms with Crippen molar-refractivity contribution in [3.63, 3.8) is 0 Å². The molecule has 0 aromatic carbocycles. The molecule has 0 aromatic heterocycles. The standard InChI is InChI=1S/C7H12N2O2/c1-3-7(11)9(2)5-4-6(8)10/h3H,1,4-5H2,2H3,(H2,8,10). The predicted octanol–water partition coefficient (Wildman–Crippen LogP) is -0.494. The molecule has 0 atom stereocenters. The Morgan fingerprint density at radius 2 is 2.18 bits per heavy atom. The number of carbonyl (C=O) groups is 2. The van der Waals surface area contributed by atoms with Crippen molar-refractivity contribution in [2.24, 2.45) is 5.73 Å². The molecular formula is C7H12N2O2. The fourth-order valence-corrected chi connectivity index (χ4v) is 0.544. The van der Waals surface area contributed by atoms with E-state index in [4.69, 9.17) is 5.73 Å². The first-order valence-electron chi connectivity index (χ1n) is 3.23. The van der Waals surface area contributed by atoms with Crippen LogP contribution in [-0.4, -0.2) is 30.3 Å². The molecule has 4 heteroatoms. The van der Waals surface area contributed by atoms with Crippen LogP contribution in [0.2, 0.25) is 0 Å². The summed E-state index contributed by atoms with van der Waals surface area (Å²) < 4.78 is 0. The number of carbonyl (C=O) groups excluding carboxylic acids is 2. The molecule has 2 amide bonds. The first kappa shape index (κ1) is 9.68. The van der Waals surface area contributed by atoms with Crippen molar-refractivity contribution in [1.29, 1.82) is 0 Å². The Hall–Kier alpha value is -1.32. The second-order valence-electron chi connectivity index (χ2n) is 2.18. The Kier molecular flexibility index (Phi) is 3.95. The van der Waals surface area contributed by atoms with Gasteiger partial charge in [-0.05, 0) is 6.08 Å². The molecule has 0 unspecified atom stereocenters. The predicted molar refractivity (Wildman–Crippen MR) is 41.6 cm³/mol. The number of rotatable bonds is 4. The molecule has 0 spiro atoms. The molecule has 11 heavy (non-hydrogen) atoms. The summed E-state index contributed by atoms with van der Waals surface area (Å²) in [4.78, 5) is 22.4. The van der Waals surface area contributed by atoms with Gasteiger partial charge < -0.3 is 10.6 Å². The van der Waals surface area contributed by atoms with E-state index in [2.05, 4.69) is 6.58 Å². The highest BCUT2D eigenvalue weighted by Crippen LogP contribution is 1.87. The average Bonchev–Trinajstić information content (AvgIpc) is 1.98. The number of nitrogens with zero attached hydrogens (tertiary/aromatic N) is 1. The van der Waals surface area contributed by atoms with E-state index in [1.165, 1.54) is 11.0 Å².